The number of H-pyrrole nitrogens is 1. The van der Waals surface area contributed by atoms with Crippen molar-refractivity contribution in [1.82, 2.24) is 10.2 Å². The molecule has 4 aliphatic carbocycles. The predicted molar refractivity (Wildman–Crippen MR) is 89.9 cm³/mol. The summed E-state index contributed by atoms with van der Waals surface area (Å²) in [5.74, 6) is 3.29. The van der Waals surface area contributed by atoms with Crippen molar-refractivity contribution in [3.8, 4) is 0 Å². The number of hydrogen-bond acceptors (Lipinski definition) is 2. The van der Waals surface area contributed by atoms with Crippen molar-refractivity contribution >= 4 is 0 Å². The summed E-state index contributed by atoms with van der Waals surface area (Å²) >= 11 is 0. The maximum atomic E-state index is 10.6. The van der Waals surface area contributed by atoms with Gasteiger partial charge in [0, 0.05) is 5.69 Å². The number of hydrogen-bond donors (Lipinski definition) is 2. The Morgan fingerprint density at radius 2 is 1.91 bits per heavy atom. The van der Waals surface area contributed by atoms with Crippen LogP contribution in [0.2, 0.25) is 0 Å². The van der Waals surface area contributed by atoms with Crippen LogP contribution in [-0.4, -0.2) is 21.4 Å². The maximum absolute atomic E-state index is 10.6. The van der Waals surface area contributed by atoms with Gasteiger partial charge in [0.05, 0.1) is 12.3 Å². The SMILES string of the molecule is C[C@]12Cc3cn[nH]c3C[C@@H]1CC[C@@H]1[C@H]2CC[C@]2(C)[C@@H](O)CC[C@@H]12. The number of nitrogens with zero attached hydrogens (tertiary/aromatic N) is 1. The fourth-order valence-corrected chi connectivity index (χ4v) is 7.44. The van der Waals surface area contributed by atoms with E-state index in [2.05, 4.69) is 30.2 Å². The molecule has 3 saturated carbocycles. The van der Waals surface area contributed by atoms with Gasteiger partial charge in [-0.05, 0) is 91.4 Å². The second-order valence-electron chi connectivity index (χ2n) is 9.55. The van der Waals surface area contributed by atoms with E-state index in [1.165, 1.54) is 56.2 Å². The van der Waals surface area contributed by atoms with Gasteiger partial charge in [-0.25, -0.2) is 0 Å². The van der Waals surface area contributed by atoms with E-state index in [-0.39, 0.29) is 11.5 Å². The minimum absolute atomic E-state index is 0.0502. The summed E-state index contributed by atoms with van der Waals surface area (Å²) in [6.45, 7) is 4.97. The summed E-state index contributed by atoms with van der Waals surface area (Å²) in [7, 11) is 0. The molecule has 0 radical (unpaired) electrons. The van der Waals surface area contributed by atoms with Crippen molar-refractivity contribution in [3.63, 3.8) is 0 Å². The summed E-state index contributed by atoms with van der Waals surface area (Å²) in [6.07, 6.45) is 12.1. The molecule has 7 atom stereocenters. The summed E-state index contributed by atoms with van der Waals surface area (Å²) in [5.41, 5.74) is 3.54. The van der Waals surface area contributed by atoms with Gasteiger partial charge in [-0.15, -0.1) is 0 Å². The molecule has 23 heavy (non-hydrogen) atoms. The molecule has 126 valence electrons. The third-order valence-corrected chi connectivity index (χ3v) is 8.84. The third kappa shape index (κ3) is 1.78. The van der Waals surface area contributed by atoms with E-state index in [4.69, 9.17) is 0 Å². The zero-order valence-corrected chi connectivity index (χ0v) is 14.5. The maximum Gasteiger partial charge on any atom is 0.0596 e. The Morgan fingerprint density at radius 1 is 1.09 bits per heavy atom. The summed E-state index contributed by atoms with van der Waals surface area (Å²) in [6, 6.07) is 0. The van der Waals surface area contributed by atoms with E-state index in [0.717, 1.165) is 30.1 Å². The highest BCUT2D eigenvalue weighted by Gasteiger charge is 2.60. The molecule has 1 aromatic heterocycles. The molecule has 0 bridgehead atoms. The number of aliphatic hydroxyl groups excluding tert-OH is 1. The van der Waals surface area contributed by atoms with Gasteiger partial charge in [-0.3, -0.25) is 5.10 Å². The van der Waals surface area contributed by atoms with Gasteiger partial charge < -0.3 is 5.11 Å². The summed E-state index contributed by atoms with van der Waals surface area (Å²) in [5, 5.41) is 18.1. The van der Waals surface area contributed by atoms with Crippen molar-refractivity contribution in [2.75, 3.05) is 0 Å². The Morgan fingerprint density at radius 3 is 2.78 bits per heavy atom. The number of nitrogens with one attached hydrogen (secondary N) is 1. The first kappa shape index (κ1) is 14.5. The van der Waals surface area contributed by atoms with Crippen LogP contribution in [0.15, 0.2) is 6.20 Å². The lowest BCUT2D eigenvalue weighted by molar-refractivity contribution is -0.111. The second kappa shape index (κ2) is 4.62. The van der Waals surface area contributed by atoms with E-state index >= 15 is 0 Å². The molecule has 0 amide bonds. The molecule has 3 heteroatoms. The molecule has 0 aliphatic heterocycles. The molecule has 0 spiro atoms. The topological polar surface area (TPSA) is 48.9 Å². The zero-order valence-electron chi connectivity index (χ0n) is 14.5. The van der Waals surface area contributed by atoms with Crippen LogP contribution in [0.25, 0.3) is 0 Å². The Balaban J connectivity index is 1.50. The van der Waals surface area contributed by atoms with Crippen LogP contribution in [-0.2, 0) is 12.8 Å². The summed E-state index contributed by atoms with van der Waals surface area (Å²) in [4.78, 5) is 0. The van der Waals surface area contributed by atoms with Crippen LogP contribution in [0.4, 0.5) is 0 Å². The van der Waals surface area contributed by atoms with Crippen LogP contribution in [0.1, 0.15) is 63.6 Å². The Labute approximate surface area is 139 Å². The van der Waals surface area contributed by atoms with Crippen molar-refractivity contribution in [3.05, 3.63) is 17.5 Å². The zero-order chi connectivity index (χ0) is 15.8. The van der Waals surface area contributed by atoms with Crippen LogP contribution in [0.5, 0.6) is 0 Å². The van der Waals surface area contributed by atoms with Crippen LogP contribution in [0, 0.1) is 34.5 Å². The molecule has 0 saturated heterocycles. The number of aromatic nitrogens is 2. The lowest BCUT2D eigenvalue weighted by Crippen LogP contribution is -2.54. The molecular formula is C20H30N2O. The van der Waals surface area contributed by atoms with Gasteiger partial charge in [0.2, 0.25) is 0 Å². The highest BCUT2D eigenvalue weighted by atomic mass is 16.3. The lowest BCUT2D eigenvalue weighted by Gasteiger charge is -2.60. The highest BCUT2D eigenvalue weighted by Crippen LogP contribution is 2.65. The van der Waals surface area contributed by atoms with Gasteiger partial charge in [-0.1, -0.05) is 13.8 Å². The van der Waals surface area contributed by atoms with Gasteiger partial charge in [-0.2, -0.15) is 5.10 Å². The largest absolute Gasteiger partial charge is 0.393 e. The summed E-state index contributed by atoms with van der Waals surface area (Å²) < 4.78 is 0. The van der Waals surface area contributed by atoms with Crippen molar-refractivity contribution in [2.45, 2.75) is 71.3 Å². The molecule has 1 heterocycles. The number of fused-ring (bicyclic) bond motifs is 6. The number of aliphatic hydroxyl groups is 1. The Bertz CT molecular complexity index is 625. The Hall–Kier alpha value is -0.830. The molecule has 2 N–H and O–H groups in total. The first-order chi connectivity index (χ1) is 11.0. The van der Waals surface area contributed by atoms with Crippen LogP contribution < -0.4 is 0 Å². The minimum atomic E-state index is -0.0502. The molecule has 4 aliphatic rings. The normalized spacial score (nSPS) is 51.5. The predicted octanol–water partition coefficient (Wildman–Crippen LogP) is 3.73. The number of aromatic amines is 1. The van der Waals surface area contributed by atoms with E-state index in [1.807, 2.05) is 0 Å². The van der Waals surface area contributed by atoms with Crippen LogP contribution in [0.3, 0.4) is 0 Å². The first-order valence-corrected chi connectivity index (χ1v) is 9.71. The van der Waals surface area contributed by atoms with Crippen LogP contribution >= 0.6 is 0 Å². The molecule has 3 fully saturated rings. The molecule has 5 rings (SSSR count). The lowest BCUT2D eigenvalue weighted by atomic mass is 9.45. The van der Waals surface area contributed by atoms with Gasteiger partial charge in [0.15, 0.2) is 0 Å². The molecule has 3 nitrogen and oxygen atoms in total. The number of rotatable bonds is 0. The molecule has 0 unspecified atom stereocenters. The van der Waals surface area contributed by atoms with Gasteiger partial charge in [0.25, 0.3) is 0 Å². The molecule has 0 aromatic carbocycles. The quantitative estimate of drug-likeness (QED) is 0.766. The fourth-order valence-electron chi connectivity index (χ4n) is 7.44. The van der Waals surface area contributed by atoms with Crippen molar-refractivity contribution in [1.29, 1.82) is 0 Å². The van der Waals surface area contributed by atoms with E-state index < -0.39 is 0 Å². The van der Waals surface area contributed by atoms with Gasteiger partial charge >= 0.3 is 0 Å². The standard InChI is InChI=1S/C20H30N2O/c1-19-8-7-16-14(15(19)5-6-18(19)23)4-3-13-9-17-12(11-21-22-17)10-20(13,16)2/h11,13-16,18,23H,3-10H2,1-2H3,(H,21,22)/t13-,14-,15-,16+,18-,19-,20-/m0/s1. The van der Waals surface area contributed by atoms with Gasteiger partial charge in [0.1, 0.15) is 0 Å². The first-order valence-electron chi connectivity index (χ1n) is 9.71. The average molecular weight is 314 g/mol. The fraction of sp³-hybridized carbons (Fsp3) is 0.850. The monoisotopic (exact) mass is 314 g/mol. The smallest absolute Gasteiger partial charge is 0.0596 e. The molecule has 1 aromatic rings. The Kier molecular flexibility index (Phi) is 2.92. The second-order valence-corrected chi connectivity index (χ2v) is 9.55. The molecular weight excluding hydrogens is 284 g/mol. The van der Waals surface area contributed by atoms with Crippen molar-refractivity contribution < 1.29 is 5.11 Å². The van der Waals surface area contributed by atoms with Crippen molar-refractivity contribution in [2.24, 2.45) is 34.5 Å². The highest BCUT2D eigenvalue weighted by molar-refractivity contribution is 5.25. The van der Waals surface area contributed by atoms with E-state index in [1.54, 1.807) is 0 Å². The average Bonchev–Trinajstić information content (AvgIpc) is 3.08. The van der Waals surface area contributed by atoms with E-state index in [9.17, 15) is 5.11 Å². The minimum Gasteiger partial charge on any atom is -0.393 e. The third-order valence-electron chi connectivity index (χ3n) is 8.84. The van der Waals surface area contributed by atoms with E-state index in [0.29, 0.717) is 5.41 Å².